The standard InChI is InChI=1S/C24H24N2O3/c1-14(2)29-20-12-11-15-5-3-4-6-18(15)19(20)13-25-26-23(27)21-16-7-8-17(10-9-16)22(21)24(26)28/h3-8,11-14,16-17,21-22H,9-10H2,1-2H3/b25-13-/t16-,17-,21-,22+/m1/s1. The second-order valence-corrected chi connectivity index (χ2v) is 8.44. The van der Waals surface area contributed by atoms with E-state index >= 15 is 0 Å². The summed E-state index contributed by atoms with van der Waals surface area (Å²) < 4.78 is 5.97. The minimum absolute atomic E-state index is 0.00271. The summed E-state index contributed by atoms with van der Waals surface area (Å²) in [6.07, 6.45) is 7.81. The highest BCUT2D eigenvalue weighted by atomic mass is 16.5. The van der Waals surface area contributed by atoms with Crippen LogP contribution in [0.25, 0.3) is 10.8 Å². The summed E-state index contributed by atoms with van der Waals surface area (Å²) in [7, 11) is 0. The summed E-state index contributed by atoms with van der Waals surface area (Å²) in [6, 6.07) is 11.9. The van der Waals surface area contributed by atoms with Crippen LogP contribution in [0.5, 0.6) is 5.75 Å². The molecule has 2 aromatic rings. The van der Waals surface area contributed by atoms with Gasteiger partial charge >= 0.3 is 0 Å². The van der Waals surface area contributed by atoms with Gasteiger partial charge in [0.05, 0.1) is 24.2 Å². The van der Waals surface area contributed by atoms with Crippen molar-refractivity contribution in [1.82, 2.24) is 5.01 Å². The topological polar surface area (TPSA) is 59.0 Å². The van der Waals surface area contributed by atoms with Crippen molar-refractivity contribution in [3.8, 4) is 5.75 Å². The number of hydrogen-bond donors (Lipinski definition) is 0. The van der Waals surface area contributed by atoms with E-state index in [9.17, 15) is 9.59 Å². The molecule has 5 heteroatoms. The van der Waals surface area contributed by atoms with Gasteiger partial charge in [-0.05, 0) is 55.4 Å². The Hall–Kier alpha value is -2.95. The zero-order valence-electron chi connectivity index (χ0n) is 16.6. The quantitative estimate of drug-likeness (QED) is 0.449. The van der Waals surface area contributed by atoms with Crippen molar-refractivity contribution >= 4 is 28.8 Å². The normalized spacial score (nSPS) is 28.2. The lowest BCUT2D eigenvalue weighted by Crippen LogP contribution is -2.38. The van der Waals surface area contributed by atoms with E-state index < -0.39 is 0 Å². The molecule has 0 N–H and O–H groups in total. The Morgan fingerprint density at radius 3 is 2.28 bits per heavy atom. The van der Waals surface area contributed by atoms with Gasteiger partial charge in [0.25, 0.3) is 11.8 Å². The molecule has 2 bridgehead atoms. The van der Waals surface area contributed by atoms with Crippen LogP contribution in [-0.4, -0.2) is 29.1 Å². The van der Waals surface area contributed by atoms with Crippen LogP contribution in [0, 0.1) is 23.7 Å². The second kappa shape index (κ2) is 6.83. The van der Waals surface area contributed by atoms with E-state index in [-0.39, 0.29) is 41.6 Å². The number of rotatable bonds is 4. The Bertz CT molecular complexity index is 1020. The number of hydrogen-bond acceptors (Lipinski definition) is 4. The molecule has 1 heterocycles. The number of nitrogens with zero attached hydrogens (tertiary/aromatic N) is 2. The van der Waals surface area contributed by atoms with E-state index in [0.29, 0.717) is 5.75 Å². The minimum atomic E-state index is -0.248. The van der Waals surface area contributed by atoms with Gasteiger partial charge in [-0.25, -0.2) is 0 Å². The smallest absolute Gasteiger partial charge is 0.254 e. The lowest BCUT2D eigenvalue weighted by atomic mass is 9.63. The Morgan fingerprint density at radius 2 is 1.66 bits per heavy atom. The largest absolute Gasteiger partial charge is 0.490 e. The number of fused-ring (bicyclic) bond motifs is 2. The van der Waals surface area contributed by atoms with Gasteiger partial charge in [-0.15, -0.1) is 0 Å². The number of hydrazone groups is 1. The molecule has 2 fully saturated rings. The monoisotopic (exact) mass is 388 g/mol. The molecule has 1 saturated heterocycles. The van der Waals surface area contributed by atoms with Crippen LogP contribution in [0.3, 0.4) is 0 Å². The first-order valence-electron chi connectivity index (χ1n) is 10.3. The Kier molecular flexibility index (Phi) is 4.26. The first-order chi connectivity index (χ1) is 14.0. The van der Waals surface area contributed by atoms with Gasteiger partial charge in [-0.3, -0.25) is 9.59 Å². The summed E-state index contributed by atoms with van der Waals surface area (Å²) in [4.78, 5) is 26.0. The molecule has 2 aromatic carbocycles. The van der Waals surface area contributed by atoms with Crippen LogP contribution in [0.1, 0.15) is 32.3 Å². The first kappa shape index (κ1) is 18.1. The van der Waals surface area contributed by atoms with Gasteiger partial charge in [-0.1, -0.05) is 42.5 Å². The molecular weight excluding hydrogens is 364 g/mol. The summed E-state index contributed by atoms with van der Waals surface area (Å²) in [5.74, 6) is 0.201. The molecule has 3 aliphatic carbocycles. The molecule has 2 amide bonds. The van der Waals surface area contributed by atoms with Crippen molar-refractivity contribution in [1.29, 1.82) is 0 Å². The van der Waals surface area contributed by atoms with Crippen molar-refractivity contribution < 1.29 is 14.3 Å². The number of carbonyl (C=O) groups is 2. The van der Waals surface area contributed by atoms with Gasteiger partial charge < -0.3 is 4.74 Å². The number of amides is 2. The highest BCUT2D eigenvalue weighted by Gasteiger charge is 2.56. The van der Waals surface area contributed by atoms with E-state index in [4.69, 9.17) is 4.74 Å². The molecular formula is C24H24N2O3. The van der Waals surface area contributed by atoms with Crippen molar-refractivity contribution in [2.75, 3.05) is 0 Å². The van der Waals surface area contributed by atoms with Crippen molar-refractivity contribution in [3.63, 3.8) is 0 Å². The average Bonchev–Trinajstić information content (AvgIpc) is 3.00. The Labute approximate surface area is 170 Å². The maximum atomic E-state index is 13.0. The summed E-state index contributed by atoms with van der Waals surface area (Å²) in [6.45, 7) is 3.94. The van der Waals surface area contributed by atoms with Gasteiger partial charge in [0, 0.05) is 5.56 Å². The summed E-state index contributed by atoms with van der Waals surface area (Å²) >= 11 is 0. The van der Waals surface area contributed by atoms with Crippen LogP contribution in [0.4, 0.5) is 0 Å². The molecule has 0 unspecified atom stereocenters. The van der Waals surface area contributed by atoms with Crippen LogP contribution < -0.4 is 4.74 Å². The number of imide groups is 1. The van der Waals surface area contributed by atoms with Crippen LogP contribution in [0.2, 0.25) is 0 Å². The highest BCUT2D eigenvalue weighted by Crippen LogP contribution is 2.49. The van der Waals surface area contributed by atoms with Gasteiger partial charge in [0.15, 0.2) is 0 Å². The van der Waals surface area contributed by atoms with Gasteiger partial charge in [0.1, 0.15) is 5.75 Å². The highest BCUT2D eigenvalue weighted by molar-refractivity contribution is 6.08. The summed E-state index contributed by atoms with van der Waals surface area (Å²) in [5.41, 5.74) is 0.786. The molecule has 4 atom stereocenters. The molecule has 0 spiro atoms. The molecule has 0 radical (unpaired) electrons. The van der Waals surface area contributed by atoms with Gasteiger partial charge in [-0.2, -0.15) is 10.1 Å². The van der Waals surface area contributed by atoms with Crippen molar-refractivity contribution in [2.24, 2.45) is 28.8 Å². The molecule has 148 valence electrons. The lowest BCUT2D eigenvalue weighted by Gasteiger charge is -2.37. The predicted octanol–water partition coefficient (Wildman–Crippen LogP) is 4.16. The first-order valence-corrected chi connectivity index (χ1v) is 10.3. The van der Waals surface area contributed by atoms with Crippen LogP contribution in [0.15, 0.2) is 53.7 Å². The fourth-order valence-electron chi connectivity index (χ4n) is 5.05. The zero-order valence-corrected chi connectivity index (χ0v) is 16.6. The maximum Gasteiger partial charge on any atom is 0.254 e. The van der Waals surface area contributed by atoms with Crippen molar-refractivity contribution in [2.45, 2.75) is 32.8 Å². The molecule has 1 saturated carbocycles. The van der Waals surface area contributed by atoms with E-state index in [0.717, 1.165) is 34.2 Å². The van der Waals surface area contributed by atoms with E-state index in [2.05, 4.69) is 17.3 Å². The molecule has 1 aliphatic heterocycles. The maximum absolute atomic E-state index is 13.0. The van der Waals surface area contributed by atoms with Crippen LogP contribution >= 0.6 is 0 Å². The minimum Gasteiger partial charge on any atom is -0.490 e. The predicted molar refractivity (Wildman–Crippen MR) is 111 cm³/mol. The molecule has 0 aromatic heterocycles. The molecule has 29 heavy (non-hydrogen) atoms. The fourth-order valence-corrected chi connectivity index (χ4v) is 5.05. The fraction of sp³-hybridized carbons (Fsp3) is 0.375. The van der Waals surface area contributed by atoms with E-state index in [1.807, 2.05) is 50.2 Å². The van der Waals surface area contributed by atoms with Crippen molar-refractivity contribution in [3.05, 3.63) is 54.1 Å². The molecule has 6 rings (SSSR count). The SMILES string of the molecule is CC(C)Oc1ccc2ccccc2c1/C=N\N1C(=O)[C@@H]2[C@H](C1=O)[C@@H]1C=C[C@@H]2CC1. The third kappa shape index (κ3) is 2.87. The average molecular weight is 388 g/mol. The second-order valence-electron chi connectivity index (χ2n) is 8.44. The third-order valence-corrected chi connectivity index (χ3v) is 6.33. The number of ether oxygens (including phenoxy) is 1. The van der Waals surface area contributed by atoms with Gasteiger partial charge in [0.2, 0.25) is 0 Å². The zero-order chi connectivity index (χ0) is 20.1. The third-order valence-electron chi connectivity index (χ3n) is 6.33. The number of allylic oxidation sites excluding steroid dienone is 2. The van der Waals surface area contributed by atoms with Crippen LogP contribution in [-0.2, 0) is 9.59 Å². The Balaban J connectivity index is 1.53. The lowest BCUT2D eigenvalue weighted by molar-refractivity contribution is -0.140. The Morgan fingerprint density at radius 1 is 1.00 bits per heavy atom. The number of carbonyl (C=O) groups excluding carboxylic acids is 2. The molecule has 5 nitrogen and oxygen atoms in total. The van der Waals surface area contributed by atoms with E-state index in [1.165, 1.54) is 0 Å². The molecule has 4 aliphatic rings. The summed E-state index contributed by atoms with van der Waals surface area (Å²) in [5, 5.41) is 7.54. The number of benzene rings is 2. The van der Waals surface area contributed by atoms with E-state index in [1.54, 1.807) is 6.21 Å².